The lowest BCUT2D eigenvalue weighted by atomic mass is 9.85. The van der Waals surface area contributed by atoms with Crippen LogP contribution in [0.3, 0.4) is 0 Å². The normalized spacial score (nSPS) is 16.8. The Bertz CT molecular complexity index is 2230. The van der Waals surface area contributed by atoms with Crippen molar-refractivity contribution >= 4 is 21.5 Å². The molecule has 2 aliphatic carbocycles. The van der Waals surface area contributed by atoms with Gasteiger partial charge in [0.2, 0.25) is 0 Å². The summed E-state index contributed by atoms with van der Waals surface area (Å²) < 4.78 is 11.1. The van der Waals surface area contributed by atoms with E-state index in [2.05, 4.69) is 165 Å². The van der Waals surface area contributed by atoms with Crippen LogP contribution in [0.4, 0.5) is 0 Å². The van der Waals surface area contributed by atoms with E-state index in [0.717, 1.165) is 63.0 Å². The second kappa shape index (κ2) is 20.3. The van der Waals surface area contributed by atoms with Crippen LogP contribution in [0.1, 0.15) is 85.5 Å². The molecule has 4 nitrogen and oxygen atoms in total. The number of hydrogen-bond acceptors (Lipinski definition) is 4. The fourth-order valence-electron chi connectivity index (χ4n) is 8.97. The fraction of sp³-hybridized carbons (Fsp3) is 0.321. The molecule has 4 heteroatoms. The molecule has 57 heavy (non-hydrogen) atoms. The van der Waals surface area contributed by atoms with Gasteiger partial charge >= 0.3 is 0 Å². The topological polar surface area (TPSA) is 33.7 Å². The van der Waals surface area contributed by atoms with Crippen molar-refractivity contribution in [1.82, 2.24) is 10.2 Å². The lowest BCUT2D eigenvalue weighted by molar-refractivity contribution is 0.148. The zero-order valence-corrected chi connectivity index (χ0v) is 34.8. The van der Waals surface area contributed by atoms with Gasteiger partial charge in [-0.15, -0.1) is 13.2 Å². The molecule has 0 amide bonds. The second-order valence-electron chi connectivity index (χ2n) is 15.4. The molecule has 8 rings (SSSR count). The van der Waals surface area contributed by atoms with Gasteiger partial charge in [0.15, 0.2) is 0 Å². The molecule has 0 aliphatic heterocycles. The van der Waals surface area contributed by atoms with Crippen LogP contribution < -0.4 is 14.8 Å². The zero-order chi connectivity index (χ0) is 40.1. The first-order valence-corrected chi connectivity index (χ1v) is 20.9. The molecule has 0 aromatic heterocycles. The van der Waals surface area contributed by atoms with E-state index >= 15 is 0 Å². The summed E-state index contributed by atoms with van der Waals surface area (Å²) in [6.07, 6.45) is 11.6. The van der Waals surface area contributed by atoms with Gasteiger partial charge in [-0.1, -0.05) is 128 Å². The predicted octanol–water partition coefficient (Wildman–Crippen LogP) is 12.6. The number of nitrogens with one attached hydrogen (secondary N) is 1. The van der Waals surface area contributed by atoms with Gasteiger partial charge in [-0.3, -0.25) is 4.90 Å². The van der Waals surface area contributed by atoms with Gasteiger partial charge in [-0.25, -0.2) is 0 Å². The molecule has 0 spiro atoms. The second-order valence-corrected chi connectivity index (χ2v) is 15.4. The third-order valence-electron chi connectivity index (χ3n) is 11.9. The smallest absolute Gasteiger partial charge is 0.122 e. The SMILES string of the molecule is C=CCC.C=CCN([C@H]1CCc2c(cccc2OC)C1)[C@H](C)c1cccc2ccccc12.COc1cccc2c1CC[C@H](N[C@H](C)c1cccc3ccccc13)C2. The summed E-state index contributed by atoms with van der Waals surface area (Å²) >= 11 is 0. The number of allylic oxidation sites excluding steroid dienone is 1. The zero-order valence-electron chi connectivity index (χ0n) is 34.8. The Hall–Kier alpha value is -5.16. The Morgan fingerprint density at radius 3 is 1.74 bits per heavy atom. The Kier molecular flexibility index (Phi) is 14.8. The Morgan fingerprint density at radius 2 is 1.16 bits per heavy atom. The van der Waals surface area contributed by atoms with Crippen molar-refractivity contribution in [2.24, 2.45) is 0 Å². The van der Waals surface area contributed by atoms with Gasteiger partial charge in [-0.05, 0) is 126 Å². The Morgan fingerprint density at radius 1 is 0.649 bits per heavy atom. The maximum absolute atomic E-state index is 5.59. The van der Waals surface area contributed by atoms with E-state index in [9.17, 15) is 0 Å². The number of fused-ring (bicyclic) bond motifs is 4. The van der Waals surface area contributed by atoms with E-state index in [-0.39, 0.29) is 0 Å². The minimum absolute atomic E-state index is 0.334. The fourth-order valence-corrected chi connectivity index (χ4v) is 8.97. The van der Waals surface area contributed by atoms with Gasteiger partial charge < -0.3 is 14.8 Å². The highest BCUT2D eigenvalue weighted by Crippen LogP contribution is 2.36. The predicted molar refractivity (Wildman–Crippen MR) is 243 cm³/mol. The molecule has 6 aromatic carbocycles. The minimum Gasteiger partial charge on any atom is -0.496 e. The van der Waals surface area contributed by atoms with Crippen LogP contribution >= 0.6 is 0 Å². The molecule has 4 atom stereocenters. The first kappa shape index (κ1) is 41.5. The Labute approximate surface area is 342 Å². The van der Waals surface area contributed by atoms with E-state index in [0.29, 0.717) is 24.2 Å². The molecule has 296 valence electrons. The first-order chi connectivity index (χ1) is 27.9. The molecular formula is C53H62N2O2. The average Bonchev–Trinajstić information content (AvgIpc) is 3.27. The molecule has 0 saturated carbocycles. The van der Waals surface area contributed by atoms with Crippen LogP contribution in [-0.4, -0.2) is 37.7 Å². The molecule has 0 radical (unpaired) electrons. The molecule has 0 saturated heterocycles. The number of hydrogen-bond donors (Lipinski definition) is 1. The summed E-state index contributed by atoms with van der Waals surface area (Å²) in [5, 5.41) is 9.19. The third kappa shape index (κ3) is 9.87. The van der Waals surface area contributed by atoms with Crippen LogP contribution in [0, 0.1) is 0 Å². The van der Waals surface area contributed by atoms with Crippen molar-refractivity contribution in [2.45, 2.75) is 89.9 Å². The van der Waals surface area contributed by atoms with Gasteiger partial charge in [0.1, 0.15) is 11.5 Å². The van der Waals surface area contributed by atoms with Crippen molar-refractivity contribution < 1.29 is 9.47 Å². The molecule has 0 fully saturated rings. The number of ether oxygens (including phenoxy) is 2. The average molecular weight is 759 g/mol. The van der Waals surface area contributed by atoms with Crippen LogP contribution in [0.5, 0.6) is 11.5 Å². The number of nitrogens with zero attached hydrogens (tertiary/aromatic N) is 1. The first-order valence-electron chi connectivity index (χ1n) is 20.9. The van der Waals surface area contributed by atoms with E-state index in [1.807, 2.05) is 12.2 Å². The number of benzene rings is 6. The largest absolute Gasteiger partial charge is 0.496 e. The summed E-state index contributed by atoms with van der Waals surface area (Å²) in [5.74, 6) is 2.08. The summed E-state index contributed by atoms with van der Waals surface area (Å²) in [6.45, 7) is 15.1. The molecule has 1 N–H and O–H groups in total. The number of methoxy groups -OCH3 is 2. The monoisotopic (exact) mass is 758 g/mol. The van der Waals surface area contributed by atoms with Crippen LogP contribution in [0.15, 0.2) is 147 Å². The van der Waals surface area contributed by atoms with Gasteiger partial charge in [0.25, 0.3) is 0 Å². The molecular weight excluding hydrogens is 697 g/mol. The van der Waals surface area contributed by atoms with Crippen LogP contribution in [0.25, 0.3) is 21.5 Å². The lowest BCUT2D eigenvalue weighted by Gasteiger charge is -2.39. The van der Waals surface area contributed by atoms with Crippen molar-refractivity contribution in [2.75, 3.05) is 20.8 Å². The molecule has 0 bridgehead atoms. The van der Waals surface area contributed by atoms with E-state index in [1.165, 1.54) is 54.9 Å². The highest BCUT2D eigenvalue weighted by molar-refractivity contribution is 5.86. The number of rotatable bonds is 11. The summed E-state index contributed by atoms with van der Waals surface area (Å²) in [6, 6.07) is 45.2. The van der Waals surface area contributed by atoms with Gasteiger partial charge in [-0.2, -0.15) is 0 Å². The third-order valence-corrected chi connectivity index (χ3v) is 11.9. The van der Waals surface area contributed by atoms with E-state index in [1.54, 1.807) is 14.2 Å². The van der Waals surface area contributed by atoms with Crippen molar-refractivity contribution in [3.63, 3.8) is 0 Å². The molecule has 0 unspecified atom stereocenters. The maximum atomic E-state index is 5.59. The Balaban J connectivity index is 0.000000177. The molecule has 0 heterocycles. The lowest BCUT2D eigenvalue weighted by Crippen LogP contribution is -2.41. The summed E-state index contributed by atoms with van der Waals surface area (Å²) in [7, 11) is 3.54. The highest BCUT2D eigenvalue weighted by atomic mass is 16.5. The highest BCUT2D eigenvalue weighted by Gasteiger charge is 2.29. The summed E-state index contributed by atoms with van der Waals surface area (Å²) in [5.41, 5.74) is 8.41. The maximum Gasteiger partial charge on any atom is 0.122 e. The van der Waals surface area contributed by atoms with Crippen LogP contribution in [-0.2, 0) is 25.7 Å². The van der Waals surface area contributed by atoms with Crippen molar-refractivity contribution in [3.05, 3.63) is 180 Å². The van der Waals surface area contributed by atoms with Crippen LogP contribution in [0.2, 0.25) is 0 Å². The minimum atomic E-state index is 0.334. The van der Waals surface area contributed by atoms with Gasteiger partial charge in [0, 0.05) is 30.7 Å². The van der Waals surface area contributed by atoms with Crippen molar-refractivity contribution in [1.29, 1.82) is 0 Å². The summed E-state index contributed by atoms with van der Waals surface area (Å²) in [4.78, 5) is 2.62. The van der Waals surface area contributed by atoms with E-state index < -0.39 is 0 Å². The molecule has 6 aromatic rings. The molecule has 2 aliphatic rings. The van der Waals surface area contributed by atoms with Gasteiger partial charge in [0.05, 0.1) is 14.2 Å². The standard InChI is InChI=1S/C26H29NO.C23H25NO.C4H8/c1-4-17-27(19(2)23-13-7-10-20-9-5-6-12-24(20)23)22-15-16-25-21(18-22)11-8-14-26(25)28-3;1-16(20-11-5-8-17-7-3-4-10-21(17)20)24-19-13-14-22-18(15-19)9-6-12-23(22)25-2;1-3-4-2/h4-14,19,22H,1,15-18H2,2-3H3;3-12,16,19,24H,13-15H2,1-2H3;3H,1,4H2,2H3/t19-,22+;16-,19+;/m11./s1. The quantitative estimate of drug-likeness (QED) is 0.133. The van der Waals surface area contributed by atoms with E-state index in [4.69, 9.17) is 9.47 Å². The van der Waals surface area contributed by atoms with Crippen molar-refractivity contribution in [3.8, 4) is 11.5 Å².